The number of methoxy groups -OCH3 is 1. The number of nitrogens with one attached hydrogen (secondary N) is 1. The summed E-state index contributed by atoms with van der Waals surface area (Å²) in [5.41, 5.74) is 0.961. The van der Waals surface area contributed by atoms with Crippen LogP contribution in [0.2, 0.25) is 0 Å². The van der Waals surface area contributed by atoms with Crippen molar-refractivity contribution >= 4 is 11.6 Å². The lowest BCUT2D eigenvalue weighted by atomic mass is 10.00. The van der Waals surface area contributed by atoms with Gasteiger partial charge >= 0.3 is 0 Å². The number of hydrogen-bond donors (Lipinski definition) is 1. The van der Waals surface area contributed by atoms with Gasteiger partial charge in [0.05, 0.1) is 7.11 Å². The molecule has 4 heteroatoms. The van der Waals surface area contributed by atoms with E-state index >= 15 is 0 Å². The average molecular weight is 272 g/mol. The van der Waals surface area contributed by atoms with E-state index in [0.717, 1.165) is 18.4 Å². The highest BCUT2D eigenvalue weighted by atomic mass is 35.5. The number of rotatable bonds is 5. The molecule has 1 aromatic carbocycles. The van der Waals surface area contributed by atoms with Gasteiger partial charge in [-0.2, -0.15) is 0 Å². The lowest BCUT2D eigenvalue weighted by Crippen LogP contribution is -2.43. The van der Waals surface area contributed by atoms with Crippen molar-refractivity contribution in [2.24, 2.45) is 0 Å². The van der Waals surface area contributed by atoms with Crippen molar-refractivity contribution in [1.29, 1.82) is 0 Å². The quantitative estimate of drug-likeness (QED) is 0.828. The zero-order chi connectivity index (χ0) is 13.0. The Balaban J connectivity index is 1.99. The van der Waals surface area contributed by atoms with Crippen LogP contribution in [0.5, 0.6) is 5.75 Å². The van der Waals surface area contributed by atoms with Gasteiger partial charge in [-0.05, 0) is 30.5 Å². The fourth-order valence-electron chi connectivity index (χ4n) is 2.52. The minimum absolute atomic E-state index is 0.0396. The fourth-order valence-corrected chi connectivity index (χ4v) is 2.88. The number of alkyl halides is 1. The van der Waals surface area contributed by atoms with Crippen LogP contribution in [0.25, 0.3) is 0 Å². The molecule has 0 aliphatic heterocycles. The van der Waals surface area contributed by atoms with Gasteiger partial charge in [0, 0.05) is 18.0 Å². The molecule has 0 bridgehead atoms. The number of hydrogen-bond acceptors (Lipinski definition) is 2. The van der Waals surface area contributed by atoms with Gasteiger partial charge in [-0.3, -0.25) is 0 Å². The first-order chi connectivity index (χ1) is 8.69. The minimum atomic E-state index is -0.317. The molecule has 1 saturated carbocycles. The van der Waals surface area contributed by atoms with E-state index in [1.807, 2.05) is 6.07 Å². The Hall–Kier alpha value is -0.800. The smallest absolute Gasteiger partial charge is 0.165 e. The van der Waals surface area contributed by atoms with Gasteiger partial charge in [0.25, 0.3) is 0 Å². The van der Waals surface area contributed by atoms with E-state index in [1.165, 1.54) is 26.0 Å². The Bertz CT molecular complexity index is 405. The lowest BCUT2D eigenvalue weighted by Gasteiger charge is -2.28. The van der Waals surface area contributed by atoms with Crippen LogP contribution in [-0.2, 0) is 6.54 Å². The first-order valence-electron chi connectivity index (χ1n) is 6.32. The van der Waals surface area contributed by atoms with Crippen molar-refractivity contribution in [1.82, 2.24) is 5.32 Å². The van der Waals surface area contributed by atoms with Gasteiger partial charge in [-0.1, -0.05) is 18.9 Å². The largest absolute Gasteiger partial charge is 0.494 e. The van der Waals surface area contributed by atoms with Gasteiger partial charge in [-0.25, -0.2) is 4.39 Å². The van der Waals surface area contributed by atoms with Crippen LogP contribution in [0.3, 0.4) is 0 Å². The van der Waals surface area contributed by atoms with Crippen molar-refractivity contribution in [2.45, 2.75) is 37.8 Å². The molecule has 0 aromatic heterocycles. The van der Waals surface area contributed by atoms with E-state index in [-0.39, 0.29) is 17.1 Å². The maximum absolute atomic E-state index is 13.5. The molecule has 0 atom stereocenters. The first-order valence-corrected chi connectivity index (χ1v) is 6.86. The summed E-state index contributed by atoms with van der Waals surface area (Å²) in [7, 11) is 1.47. The molecule has 2 rings (SSSR count). The summed E-state index contributed by atoms with van der Waals surface area (Å²) in [6, 6.07) is 5.06. The van der Waals surface area contributed by atoms with Gasteiger partial charge in [0.15, 0.2) is 11.6 Å². The van der Waals surface area contributed by atoms with Crippen molar-refractivity contribution < 1.29 is 9.13 Å². The van der Waals surface area contributed by atoms with Gasteiger partial charge in [0.1, 0.15) is 0 Å². The average Bonchev–Trinajstić information content (AvgIpc) is 2.86. The molecule has 100 valence electrons. The van der Waals surface area contributed by atoms with Gasteiger partial charge < -0.3 is 10.1 Å². The molecule has 1 fully saturated rings. The SMILES string of the molecule is COc1ccc(CNC2(CCl)CCCC2)cc1F. The molecule has 0 saturated heterocycles. The molecule has 1 aromatic rings. The van der Waals surface area contributed by atoms with Crippen LogP contribution in [-0.4, -0.2) is 18.5 Å². The van der Waals surface area contributed by atoms with E-state index in [9.17, 15) is 4.39 Å². The zero-order valence-corrected chi connectivity index (χ0v) is 11.4. The molecule has 18 heavy (non-hydrogen) atoms. The van der Waals surface area contributed by atoms with E-state index < -0.39 is 0 Å². The highest BCUT2D eigenvalue weighted by molar-refractivity contribution is 6.18. The van der Waals surface area contributed by atoms with E-state index in [2.05, 4.69) is 5.32 Å². The molecule has 1 aliphatic rings. The van der Waals surface area contributed by atoms with Crippen molar-refractivity contribution in [3.05, 3.63) is 29.6 Å². The Morgan fingerprint density at radius 2 is 2.11 bits per heavy atom. The third-order valence-electron chi connectivity index (χ3n) is 3.70. The molecule has 0 amide bonds. The zero-order valence-electron chi connectivity index (χ0n) is 10.6. The molecule has 0 unspecified atom stereocenters. The predicted octanol–water partition coefficient (Wildman–Crippen LogP) is 3.48. The molecule has 0 spiro atoms. The highest BCUT2D eigenvalue weighted by Gasteiger charge is 2.32. The van der Waals surface area contributed by atoms with Gasteiger partial charge in [0.2, 0.25) is 0 Å². The third kappa shape index (κ3) is 2.96. The van der Waals surface area contributed by atoms with E-state index in [0.29, 0.717) is 12.4 Å². The second kappa shape index (κ2) is 5.89. The maximum Gasteiger partial charge on any atom is 0.165 e. The van der Waals surface area contributed by atoms with Crippen LogP contribution in [0.15, 0.2) is 18.2 Å². The predicted molar refractivity (Wildman–Crippen MR) is 71.7 cm³/mol. The monoisotopic (exact) mass is 271 g/mol. The summed E-state index contributed by atoms with van der Waals surface area (Å²) < 4.78 is 18.5. The lowest BCUT2D eigenvalue weighted by molar-refractivity contribution is 0.365. The Labute approximate surface area is 112 Å². The summed E-state index contributed by atoms with van der Waals surface area (Å²) in [6.45, 7) is 0.646. The number of halogens is 2. The van der Waals surface area contributed by atoms with Gasteiger partial charge in [-0.15, -0.1) is 11.6 Å². The Morgan fingerprint density at radius 1 is 1.39 bits per heavy atom. The van der Waals surface area contributed by atoms with Crippen molar-refractivity contribution in [3.63, 3.8) is 0 Å². The topological polar surface area (TPSA) is 21.3 Å². The molecule has 2 nitrogen and oxygen atoms in total. The summed E-state index contributed by atoms with van der Waals surface area (Å²) in [5, 5.41) is 3.49. The Kier molecular flexibility index (Phi) is 4.46. The first kappa shape index (κ1) is 13.6. The van der Waals surface area contributed by atoms with Crippen LogP contribution in [0, 0.1) is 5.82 Å². The molecular weight excluding hydrogens is 253 g/mol. The standard InChI is InChI=1S/C14H19ClFNO/c1-18-13-5-4-11(8-12(13)16)9-17-14(10-15)6-2-3-7-14/h4-5,8,17H,2-3,6-7,9-10H2,1H3. The highest BCUT2D eigenvalue weighted by Crippen LogP contribution is 2.31. The maximum atomic E-state index is 13.5. The van der Waals surface area contributed by atoms with E-state index in [1.54, 1.807) is 6.07 Å². The van der Waals surface area contributed by atoms with E-state index in [4.69, 9.17) is 16.3 Å². The minimum Gasteiger partial charge on any atom is -0.494 e. The molecular formula is C14H19ClFNO. The van der Waals surface area contributed by atoms with Crippen LogP contribution >= 0.6 is 11.6 Å². The molecule has 1 aliphatic carbocycles. The second-order valence-electron chi connectivity index (χ2n) is 4.94. The summed E-state index contributed by atoms with van der Waals surface area (Å²) in [5.74, 6) is 0.584. The summed E-state index contributed by atoms with van der Waals surface area (Å²) in [6.07, 6.45) is 4.65. The fraction of sp³-hybridized carbons (Fsp3) is 0.571. The van der Waals surface area contributed by atoms with Crippen molar-refractivity contribution in [3.8, 4) is 5.75 Å². The van der Waals surface area contributed by atoms with Crippen LogP contribution in [0.1, 0.15) is 31.2 Å². The summed E-state index contributed by atoms with van der Waals surface area (Å²) in [4.78, 5) is 0. The third-order valence-corrected chi connectivity index (χ3v) is 4.21. The van der Waals surface area contributed by atoms with Crippen LogP contribution in [0.4, 0.5) is 4.39 Å². The summed E-state index contributed by atoms with van der Waals surface area (Å²) >= 11 is 6.05. The molecule has 1 N–H and O–H groups in total. The number of benzene rings is 1. The molecule has 0 radical (unpaired) electrons. The Morgan fingerprint density at radius 3 is 2.67 bits per heavy atom. The molecule has 0 heterocycles. The van der Waals surface area contributed by atoms with Crippen molar-refractivity contribution in [2.75, 3.05) is 13.0 Å². The van der Waals surface area contributed by atoms with Crippen LogP contribution < -0.4 is 10.1 Å². The second-order valence-corrected chi connectivity index (χ2v) is 5.21. The normalized spacial score (nSPS) is 17.9. The number of ether oxygens (including phenoxy) is 1.